The second-order valence-corrected chi connectivity index (χ2v) is 6.71. The van der Waals surface area contributed by atoms with E-state index in [2.05, 4.69) is 5.32 Å². The summed E-state index contributed by atoms with van der Waals surface area (Å²) in [5, 5.41) is 3.16. The number of thioether (sulfide) groups is 1. The van der Waals surface area contributed by atoms with Gasteiger partial charge in [0.1, 0.15) is 0 Å². The lowest BCUT2D eigenvalue weighted by Gasteiger charge is -2.33. The molecule has 4 nitrogen and oxygen atoms in total. The maximum atomic E-state index is 13.3. The van der Waals surface area contributed by atoms with Crippen LogP contribution in [0.3, 0.4) is 0 Å². The van der Waals surface area contributed by atoms with E-state index in [-0.39, 0.29) is 30.5 Å². The third-order valence-corrected chi connectivity index (χ3v) is 5.14. The lowest BCUT2D eigenvalue weighted by atomic mass is 10.1. The summed E-state index contributed by atoms with van der Waals surface area (Å²) in [7, 11) is 0. The number of nitrogens with zero attached hydrogens (tertiary/aromatic N) is 2. The Bertz CT molecular complexity index is 594. The third kappa shape index (κ3) is 4.10. The SMILES string of the molecule is Cl.O=C(N1CCNCC1)N1CCSc2cccc(C(F)(F)F)c2C1. The van der Waals surface area contributed by atoms with Gasteiger partial charge < -0.3 is 15.1 Å². The van der Waals surface area contributed by atoms with Crippen molar-refractivity contribution < 1.29 is 18.0 Å². The number of hydrogen-bond donors (Lipinski definition) is 1. The Morgan fingerprint density at radius 3 is 2.50 bits per heavy atom. The highest BCUT2D eigenvalue weighted by atomic mass is 35.5. The van der Waals surface area contributed by atoms with Crippen LogP contribution in [0.1, 0.15) is 11.1 Å². The molecule has 0 radical (unpaired) electrons. The standard InChI is InChI=1S/C15H18F3N3OS.ClH/c16-15(17,18)12-2-1-3-13-11(12)10-21(8-9-23-13)14(22)20-6-4-19-5-7-20;/h1-3,19H,4-10H2;1H. The van der Waals surface area contributed by atoms with Crippen LogP contribution in [0.25, 0.3) is 0 Å². The zero-order valence-electron chi connectivity index (χ0n) is 12.9. The van der Waals surface area contributed by atoms with Gasteiger partial charge in [0.25, 0.3) is 0 Å². The number of alkyl halides is 3. The number of carbonyl (C=O) groups excluding carboxylic acids is 1. The fraction of sp³-hybridized carbons (Fsp3) is 0.533. The molecular formula is C15H19ClF3N3OS. The highest BCUT2D eigenvalue weighted by Gasteiger charge is 2.36. The van der Waals surface area contributed by atoms with Gasteiger partial charge in [-0.3, -0.25) is 0 Å². The number of carbonyl (C=O) groups is 1. The summed E-state index contributed by atoms with van der Waals surface area (Å²) in [5.41, 5.74) is -0.423. The minimum absolute atomic E-state index is 0. The van der Waals surface area contributed by atoms with Gasteiger partial charge in [-0.2, -0.15) is 13.2 Å². The van der Waals surface area contributed by atoms with Gasteiger partial charge in [0, 0.05) is 49.9 Å². The number of fused-ring (bicyclic) bond motifs is 1. The van der Waals surface area contributed by atoms with Crippen molar-refractivity contribution in [3.63, 3.8) is 0 Å². The van der Waals surface area contributed by atoms with E-state index in [1.807, 2.05) is 0 Å². The first-order valence-electron chi connectivity index (χ1n) is 7.53. The first-order chi connectivity index (χ1) is 11.0. The summed E-state index contributed by atoms with van der Waals surface area (Å²) in [6, 6.07) is 4.06. The molecule has 0 aromatic heterocycles. The summed E-state index contributed by atoms with van der Waals surface area (Å²) in [4.78, 5) is 16.5. The Labute approximate surface area is 149 Å². The molecule has 1 saturated heterocycles. The normalized spacial score (nSPS) is 18.5. The van der Waals surface area contributed by atoms with Crippen molar-refractivity contribution in [2.24, 2.45) is 0 Å². The van der Waals surface area contributed by atoms with Crippen LogP contribution in [0.15, 0.2) is 23.1 Å². The van der Waals surface area contributed by atoms with Crippen molar-refractivity contribution in [3.05, 3.63) is 29.3 Å². The number of nitrogens with one attached hydrogen (secondary N) is 1. The molecule has 1 fully saturated rings. The van der Waals surface area contributed by atoms with Crippen molar-refractivity contribution in [2.75, 3.05) is 38.5 Å². The minimum atomic E-state index is -4.40. The maximum Gasteiger partial charge on any atom is 0.416 e. The minimum Gasteiger partial charge on any atom is -0.322 e. The molecule has 0 spiro atoms. The third-order valence-electron chi connectivity index (χ3n) is 4.06. The summed E-state index contributed by atoms with van der Waals surface area (Å²) in [6.07, 6.45) is -4.40. The number of hydrogen-bond acceptors (Lipinski definition) is 3. The zero-order valence-corrected chi connectivity index (χ0v) is 14.6. The number of amides is 2. The number of urea groups is 1. The molecule has 0 bridgehead atoms. The quantitative estimate of drug-likeness (QED) is 0.750. The molecule has 2 aliphatic heterocycles. The summed E-state index contributed by atoms with van der Waals surface area (Å²) in [6.45, 7) is 3.10. The number of halogens is 4. The average Bonchev–Trinajstić information content (AvgIpc) is 2.76. The molecule has 0 atom stereocenters. The summed E-state index contributed by atoms with van der Waals surface area (Å²) < 4.78 is 39.8. The van der Waals surface area contributed by atoms with Crippen molar-refractivity contribution in [2.45, 2.75) is 17.6 Å². The largest absolute Gasteiger partial charge is 0.416 e. The van der Waals surface area contributed by atoms with Gasteiger partial charge in [0.05, 0.1) is 5.56 Å². The van der Waals surface area contributed by atoms with Gasteiger partial charge in [-0.25, -0.2) is 4.79 Å². The van der Waals surface area contributed by atoms with E-state index >= 15 is 0 Å². The predicted octanol–water partition coefficient (Wildman–Crippen LogP) is 3.06. The van der Waals surface area contributed by atoms with Gasteiger partial charge in [0.2, 0.25) is 0 Å². The van der Waals surface area contributed by atoms with Crippen LogP contribution in [0.4, 0.5) is 18.0 Å². The van der Waals surface area contributed by atoms with E-state index in [4.69, 9.17) is 0 Å². The van der Waals surface area contributed by atoms with E-state index in [1.165, 1.54) is 17.8 Å². The average molecular weight is 382 g/mol. The molecule has 0 aliphatic carbocycles. The Morgan fingerprint density at radius 1 is 1.12 bits per heavy atom. The maximum absolute atomic E-state index is 13.3. The molecule has 1 aromatic rings. The van der Waals surface area contributed by atoms with Crippen LogP contribution in [-0.4, -0.2) is 54.3 Å². The number of benzene rings is 1. The molecule has 9 heteroatoms. The van der Waals surface area contributed by atoms with Gasteiger partial charge >= 0.3 is 12.2 Å². The number of piperazine rings is 1. The summed E-state index contributed by atoms with van der Waals surface area (Å²) >= 11 is 1.38. The van der Waals surface area contributed by atoms with Crippen molar-refractivity contribution in [1.29, 1.82) is 0 Å². The van der Waals surface area contributed by atoms with Crippen molar-refractivity contribution in [1.82, 2.24) is 15.1 Å². The molecule has 3 rings (SSSR count). The first kappa shape index (κ1) is 19.2. The van der Waals surface area contributed by atoms with Crippen LogP contribution in [-0.2, 0) is 12.7 Å². The number of rotatable bonds is 0. The van der Waals surface area contributed by atoms with Gasteiger partial charge in [-0.1, -0.05) is 6.07 Å². The van der Waals surface area contributed by atoms with E-state index in [1.54, 1.807) is 15.9 Å². The molecule has 24 heavy (non-hydrogen) atoms. The highest BCUT2D eigenvalue weighted by Crippen LogP contribution is 2.38. The predicted molar refractivity (Wildman–Crippen MR) is 89.7 cm³/mol. The molecule has 0 unspecified atom stereocenters. The molecule has 2 aliphatic rings. The van der Waals surface area contributed by atoms with Gasteiger partial charge in [0.15, 0.2) is 0 Å². The van der Waals surface area contributed by atoms with E-state index in [0.717, 1.165) is 19.2 Å². The van der Waals surface area contributed by atoms with Crippen LogP contribution in [0, 0.1) is 0 Å². The second-order valence-electron chi connectivity index (χ2n) is 5.57. The fourth-order valence-corrected chi connectivity index (χ4v) is 3.94. The molecule has 1 aromatic carbocycles. The topological polar surface area (TPSA) is 35.6 Å². The Morgan fingerprint density at radius 2 is 1.83 bits per heavy atom. The van der Waals surface area contributed by atoms with Gasteiger partial charge in [-0.05, 0) is 17.7 Å². The van der Waals surface area contributed by atoms with Crippen LogP contribution in [0.5, 0.6) is 0 Å². The van der Waals surface area contributed by atoms with Gasteiger partial charge in [-0.15, -0.1) is 24.2 Å². The summed E-state index contributed by atoms with van der Waals surface area (Å²) in [5.74, 6) is 0.603. The van der Waals surface area contributed by atoms with Crippen LogP contribution < -0.4 is 5.32 Å². The molecular weight excluding hydrogens is 363 g/mol. The van der Waals surface area contributed by atoms with Crippen molar-refractivity contribution >= 4 is 30.2 Å². The zero-order chi connectivity index (χ0) is 16.4. The second kappa shape index (κ2) is 7.84. The Hall–Kier alpha value is -1.12. The molecule has 0 saturated carbocycles. The van der Waals surface area contributed by atoms with E-state index in [9.17, 15) is 18.0 Å². The Balaban J connectivity index is 0.00000208. The van der Waals surface area contributed by atoms with E-state index < -0.39 is 11.7 Å². The Kier molecular flexibility index (Phi) is 6.28. The highest BCUT2D eigenvalue weighted by molar-refractivity contribution is 7.99. The van der Waals surface area contributed by atoms with E-state index in [0.29, 0.717) is 30.3 Å². The van der Waals surface area contributed by atoms with Crippen LogP contribution >= 0.6 is 24.2 Å². The first-order valence-corrected chi connectivity index (χ1v) is 8.52. The monoisotopic (exact) mass is 381 g/mol. The lowest BCUT2D eigenvalue weighted by Crippen LogP contribution is -2.51. The van der Waals surface area contributed by atoms with Crippen LogP contribution in [0.2, 0.25) is 0 Å². The molecule has 2 amide bonds. The molecule has 1 N–H and O–H groups in total. The molecule has 2 heterocycles. The van der Waals surface area contributed by atoms with Crippen molar-refractivity contribution in [3.8, 4) is 0 Å². The lowest BCUT2D eigenvalue weighted by molar-refractivity contribution is -0.138. The molecule has 134 valence electrons. The fourth-order valence-electron chi connectivity index (χ4n) is 2.88. The smallest absolute Gasteiger partial charge is 0.322 e.